The number of hydrogen-bond donors (Lipinski definition) is 1. The van der Waals surface area contributed by atoms with Crippen LogP contribution in [0.3, 0.4) is 0 Å². The zero-order valence-electron chi connectivity index (χ0n) is 9.97. The summed E-state index contributed by atoms with van der Waals surface area (Å²) in [4.78, 5) is 9.02. The van der Waals surface area contributed by atoms with Crippen molar-refractivity contribution in [3.63, 3.8) is 0 Å². The maximum Gasteiger partial charge on any atom is 0.265 e. The molecule has 1 N–H and O–H groups in total. The first-order chi connectivity index (χ1) is 9.18. The Morgan fingerprint density at radius 3 is 2.63 bits per heavy atom. The Balaban J connectivity index is 1.84. The Morgan fingerprint density at radius 2 is 1.95 bits per heavy atom. The van der Waals surface area contributed by atoms with Gasteiger partial charge in [-0.2, -0.15) is 0 Å². The maximum absolute atomic E-state index is 12.4. The third-order valence-corrected chi connectivity index (χ3v) is 4.53. The molecule has 2 aromatic rings. The van der Waals surface area contributed by atoms with Crippen LogP contribution in [0.4, 0.5) is 5.95 Å². The van der Waals surface area contributed by atoms with Gasteiger partial charge in [0.25, 0.3) is 10.0 Å². The van der Waals surface area contributed by atoms with Gasteiger partial charge in [-0.05, 0) is 12.1 Å². The van der Waals surface area contributed by atoms with Crippen molar-refractivity contribution < 1.29 is 8.42 Å². The van der Waals surface area contributed by atoms with Gasteiger partial charge >= 0.3 is 0 Å². The van der Waals surface area contributed by atoms with Crippen LogP contribution in [0, 0.1) is 0 Å². The van der Waals surface area contributed by atoms with E-state index in [0.29, 0.717) is 5.95 Å². The van der Waals surface area contributed by atoms with Crippen molar-refractivity contribution in [3.8, 4) is 0 Å². The summed E-state index contributed by atoms with van der Waals surface area (Å²) in [6.07, 6.45) is 6.53. The van der Waals surface area contributed by atoms with Gasteiger partial charge in [0.1, 0.15) is 6.67 Å². The zero-order valence-corrected chi connectivity index (χ0v) is 10.8. The molecule has 0 fully saturated rings. The van der Waals surface area contributed by atoms with Crippen LogP contribution in [0.1, 0.15) is 0 Å². The number of imidazole rings is 1. The van der Waals surface area contributed by atoms with Crippen LogP contribution in [0.25, 0.3) is 0 Å². The van der Waals surface area contributed by atoms with Crippen molar-refractivity contribution in [2.75, 3.05) is 11.6 Å². The SMILES string of the molecule is O=S(=O)(c1ccccc1)N1C=CN(c2ncc[nH]2)C1. The van der Waals surface area contributed by atoms with Crippen LogP contribution in [-0.2, 0) is 10.0 Å². The number of rotatable bonds is 3. The number of aromatic amines is 1. The molecule has 0 amide bonds. The number of aromatic nitrogens is 2. The minimum atomic E-state index is -3.50. The van der Waals surface area contributed by atoms with Crippen molar-refractivity contribution in [3.05, 3.63) is 55.1 Å². The van der Waals surface area contributed by atoms with E-state index in [1.54, 1.807) is 53.8 Å². The first-order valence-corrected chi connectivity index (χ1v) is 7.13. The lowest BCUT2D eigenvalue weighted by molar-refractivity contribution is 0.515. The average molecular weight is 276 g/mol. The topological polar surface area (TPSA) is 69.3 Å². The van der Waals surface area contributed by atoms with Gasteiger partial charge in [0.15, 0.2) is 0 Å². The minimum absolute atomic E-state index is 0.213. The van der Waals surface area contributed by atoms with E-state index in [2.05, 4.69) is 9.97 Å². The highest BCUT2D eigenvalue weighted by molar-refractivity contribution is 7.89. The fourth-order valence-corrected chi connectivity index (χ4v) is 3.10. The van der Waals surface area contributed by atoms with E-state index in [1.165, 1.54) is 10.5 Å². The van der Waals surface area contributed by atoms with Gasteiger partial charge in [-0.3, -0.25) is 9.21 Å². The predicted octanol–water partition coefficient (Wildman–Crippen LogP) is 1.35. The summed E-state index contributed by atoms with van der Waals surface area (Å²) >= 11 is 0. The summed E-state index contributed by atoms with van der Waals surface area (Å²) in [5.41, 5.74) is 0. The van der Waals surface area contributed by atoms with Crippen molar-refractivity contribution in [2.45, 2.75) is 4.90 Å². The summed E-state index contributed by atoms with van der Waals surface area (Å²) in [5, 5.41) is 0. The summed E-state index contributed by atoms with van der Waals surface area (Å²) in [7, 11) is -3.50. The second kappa shape index (κ2) is 4.43. The number of anilines is 1. The molecular formula is C12H12N4O2S. The van der Waals surface area contributed by atoms with Gasteiger partial charge < -0.3 is 4.98 Å². The lowest BCUT2D eigenvalue weighted by Gasteiger charge is -2.19. The Bertz CT molecular complexity index is 680. The molecule has 0 saturated heterocycles. The zero-order chi connectivity index (χ0) is 13.3. The highest BCUT2D eigenvalue weighted by Crippen LogP contribution is 2.21. The molecule has 19 heavy (non-hydrogen) atoms. The Hall–Kier alpha value is -2.28. The highest BCUT2D eigenvalue weighted by Gasteiger charge is 2.27. The number of H-pyrrole nitrogens is 1. The second-order valence-corrected chi connectivity index (χ2v) is 5.92. The molecule has 2 heterocycles. The van der Waals surface area contributed by atoms with Crippen molar-refractivity contribution in [2.24, 2.45) is 0 Å². The molecule has 0 bridgehead atoms. The lowest BCUT2D eigenvalue weighted by Crippen LogP contribution is -2.30. The molecule has 0 atom stereocenters. The molecule has 1 aromatic carbocycles. The number of sulfonamides is 1. The van der Waals surface area contributed by atoms with E-state index in [9.17, 15) is 8.42 Å². The smallest absolute Gasteiger partial charge is 0.265 e. The van der Waals surface area contributed by atoms with Gasteiger partial charge in [-0.15, -0.1) is 0 Å². The van der Waals surface area contributed by atoms with Crippen LogP contribution in [0.15, 0.2) is 60.0 Å². The second-order valence-electron chi connectivity index (χ2n) is 4.03. The summed E-state index contributed by atoms with van der Waals surface area (Å²) in [6.45, 7) is 0.213. The Kier molecular flexibility index (Phi) is 2.75. The van der Waals surface area contributed by atoms with Crippen LogP contribution in [-0.4, -0.2) is 29.4 Å². The summed E-state index contributed by atoms with van der Waals surface area (Å²) < 4.78 is 26.0. The maximum atomic E-state index is 12.4. The predicted molar refractivity (Wildman–Crippen MR) is 70.5 cm³/mol. The number of nitrogens with one attached hydrogen (secondary N) is 1. The van der Waals surface area contributed by atoms with Crippen molar-refractivity contribution >= 4 is 16.0 Å². The summed E-state index contributed by atoms with van der Waals surface area (Å²) in [6, 6.07) is 8.36. The van der Waals surface area contributed by atoms with E-state index in [4.69, 9.17) is 0 Å². The standard InChI is InChI=1S/C12H12N4O2S/c17-19(18,11-4-2-1-3-5-11)16-9-8-15(10-16)12-13-6-7-14-12/h1-9H,10H2,(H,13,14). The largest absolute Gasteiger partial charge is 0.331 e. The fourth-order valence-electron chi connectivity index (χ4n) is 1.83. The van der Waals surface area contributed by atoms with E-state index < -0.39 is 10.0 Å². The number of benzene rings is 1. The third kappa shape index (κ3) is 2.08. The molecule has 3 rings (SSSR count). The molecule has 0 saturated carbocycles. The minimum Gasteiger partial charge on any atom is -0.331 e. The Labute approximate surface area is 111 Å². The quantitative estimate of drug-likeness (QED) is 0.918. The van der Waals surface area contributed by atoms with Crippen LogP contribution < -0.4 is 4.90 Å². The van der Waals surface area contributed by atoms with Crippen molar-refractivity contribution in [1.82, 2.24) is 14.3 Å². The van der Waals surface area contributed by atoms with Gasteiger partial charge in [0, 0.05) is 24.8 Å². The fraction of sp³-hybridized carbons (Fsp3) is 0.0833. The number of hydrogen-bond acceptors (Lipinski definition) is 4. The molecule has 0 radical (unpaired) electrons. The molecule has 0 unspecified atom stereocenters. The van der Waals surface area contributed by atoms with Gasteiger partial charge in [-0.1, -0.05) is 18.2 Å². The molecule has 0 aliphatic carbocycles. The first kappa shape index (κ1) is 11.8. The molecule has 7 heteroatoms. The molecule has 0 spiro atoms. The normalized spacial score (nSPS) is 15.2. The lowest BCUT2D eigenvalue weighted by atomic mass is 10.4. The van der Waals surface area contributed by atoms with Gasteiger partial charge in [-0.25, -0.2) is 13.4 Å². The molecule has 1 aromatic heterocycles. The molecule has 1 aliphatic heterocycles. The van der Waals surface area contributed by atoms with Crippen LogP contribution in [0.5, 0.6) is 0 Å². The molecular weight excluding hydrogens is 264 g/mol. The Morgan fingerprint density at radius 1 is 1.16 bits per heavy atom. The van der Waals surface area contributed by atoms with Crippen LogP contribution >= 0.6 is 0 Å². The van der Waals surface area contributed by atoms with Crippen molar-refractivity contribution in [1.29, 1.82) is 0 Å². The average Bonchev–Trinajstić information content (AvgIpc) is 3.10. The molecule has 1 aliphatic rings. The van der Waals surface area contributed by atoms with E-state index >= 15 is 0 Å². The molecule has 6 nitrogen and oxygen atoms in total. The van der Waals surface area contributed by atoms with E-state index in [-0.39, 0.29) is 11.6 Å². The van der Waals surface area contributed by atoms with Crippen LogP contribution in [0.2, 0.25) is 0 Å². The number of nitrogens with zero attached hydrogens (tertiary/aromatic N) is 3. The van der Waals surface area contributed by atoms with Gasteiger partial charge in [0.05, 0.1) is 4.90 Å². The van der Waals surface area contributed by atoms with Gasteiger partial charge in [0.2, 0.25) is 5.95 Å². The summed E-state index contributed by atoms with van der Waals surface area (Å²) in [5.74, 6) is 0.613. The first-order valence-electron chi connectivity index (χ1n) is 5.69. The van der Waals surface area contributed by atoms with E-state index in [1.807, 2.05) is 0 Å². The highest BCUT2D eigenvalue weighted by atomic mass is 32.2. The monoisotopic (exact) mass is 276 g/mol. The molecule has 98 valence electrons. The third-order valence-electron chi connectivity index (χ3n) is 2.81. The van der Waals surface area contributed by atoms with E-state index in [0.717, 1.165) is 0 Å².